The van der Waals surface area contributed by atoms with E-state index < -0.39 is 0 Å². The summed E-state index contributed by atoms with van der Waals surface area (Å²) in [6.45, 7) is 12.3. The molecule has 0 saturated heterocycles. The number of amides is 1. The second kappa shape index (κ2) is 7.58. The molecule has 1 aromatic heterocycles. The van der Waals surface area contributed by atoms with Crippen molar-refractivity contribution in [1.29, 1.82) is 0 Å². The highest BCUT2D eigenvalue weighted by atomic mass is 32.1. The van der Waals surface area contributed by atoms with Crippen LogP contribution in [0.25, 0.3) is 0 Å². The quantitative estimate of drug-likeness (QED) is 0.604. The molecule has 1 N–H and O–H groups in total. The van der Waals surface area contributed by atoms with Gasteiger partial charge in [-0.2, -0.15) is 0 Å². The second-order valence-electron chi connectivity index (χ2n) is 10.3. The number of hydrogen-bond donors (Lipinski definition) is 1. The van der Waals surface area contributed by atoms with Gasteiger partial charge in [0.15, 0.2) is 0 Å². The smallest absolute Gasteiger partial charge is 0.261 e. The Kier molecular flexibility index (Phi) is 5.40. The maximum absolute atomic E-state index is 12.7. The van der Waals surface area contributed by atoms with Crippen molar-refractivity contribution in [3.8, 4) is 0 Å². The average Bonchev–Trinajstić information content (AvgIpc) is 3.12. The van der Waals surface area contributed by atoms with E-state index in [2.05, 4.69) is 56.6 Å². The fourth-order valence-electron chi connectivity index (χ4n) is 6.13. The van der Waals surface area contributed by atoms with Crippen molar-refractivity contribution in [2.75, 3.05) is 6.54 Å². The molecule has 29 heavy (non-hydrogen) atoms. The third kappa shape index (κ3) is 3.67. The number of benzene rings is 1. The Balaban J connectivity index is 1.57. The summed E-state index contributed by atoms with van der Waals surface area (Å²) in [6.07, 6.45) is 6.11. The van der Waals surface area contributed by atoms with Crippen LogP contribution in [0, 0.1) is 18.3 Å². The Labute approximate surface area is 180 Å². The number of aryl methyl sites for hydroxylation is 2. The Morgan fingerprint density at radius 2 is 2.03 bits per heavy atom. The van der Waals surface area contributed by atoms with Crippen LogP contribution in [-0.4, -0.2) is 12.5 Å². The highest BCUT2D eigenvalue weighted by molar-refractivity contribution is 7.12. The first-order valence-electron chi connectivity index (χ1n) is 11.2. The topological polar surface area (TPSA) is 29.1 Å². The van der Waals surface area contributed by atoms with Crippen molar-refractivity contribution in [3.63, 3.8) is 0 Å². The molecule has 0 spiro atoms. The summed E-state index contributed by atoms with van der Waals surface area (Å²) >= 11 is 1.55. The predicted molar refractivity (Wildman–Crippen MR) is 123 cm³/mol. The lowest BCUT2D eigenvalue weighted by molar-refractivity contribution is 0.0255. The fourth-order valence-corrected chi connectivity index (χ4v) is 6.95. The summed E-state index contributed by atoms with van der Waals surface area (Å²) < 4.78 is 0. The van der Waals surface area contributed by atoms with Gasteiger partial charge >= 0.3 is 0 Å². The first-order chi connectivity index (χ1) is 13.7. The highest BCUT2D eigenvalue weighted by Crippen LogP contribution is 2.57. The molecule has 2 nitrogen and oxygen atoms in total. The molecule has 1 aromatic carbocycles. The second-order valence-corrected chi connectivity index (χ2v) is 11.2. The molecule has 4 rings (SSSR count). The van der Waals surface area contributed by atoms with Gasteiger partial charge in [-0.1, -0.05) is 52.3 Å². The van der Waals surface area contributed by atoms with Gasteiger partial charge in [-0.3, -0.25) is 4.79 Å². The molecule has 2 aliphatic carbocycles. The van der Waals surface area contributed by atoms with E-state index in [1.54, 1.807) is 22.5 Å². The van der Waals surface area contributed by atoms with E-state index in [9.17, 15) is 4.79 Å². The van der Waals surface area contributed by atoms with E-state index in [1.165, 1.54) is 43.2 Å². The number of thiophene rings is 1. The van der Waals surface area contributed by atoms with Gasteiger partial charge < -0.3 is 5.32 Å². The maximum Gasteiger partial charge on any atom is 0.261 e. The third-order valence-corrected chi connectivity index (χ3v) is 8.82. The zero-order valence-electron chi connectivity index (χ0n) is 18.6. The highest BCUT2D eigenvalue weighted by Gasteiger charge is 2.51. The zero-order valence-corrected chi connectivity index (χ0v) is 19.4. The van der Waals surface area contributed by atoms with Gasteiger partial charge in [0, 0.05) is 6.54 Å². The van der Waals surface area contributed by atoms with Gasteiger partial charge in [0.25, 0.3) is 5.91 Å². The average molecular weight is 410 g/mol. The number of carbonyl (C=O) groups is 1. The molecular formula is C26H35NOS. The molecule has 156 valence electrons. The minimum atomic E-state index is 0.0920. The van der Waals surface area contributed by atoms with E-state index >= 15 is 0 Å². The molecule has 2 aliphatic rings. The van der Waals surface area contributed by atoms with Crippen LogP contribution in [0.4, 0.5) is 0 Å². The molecule has 0 unspecified atom stereocenters. The number of carbonyl (C=O) groups excluding carboxylic acids is 1. The Morgan fingerprint density at radius 3 is 2.72 bits per heavy atom. The molecule has 1 heterocycles. The minimum absolute atomic E-state index is 0.0920. The number of nitrogens with one attached hydrogen (secondary N) is 1. The van der Waals surface area contributed by atoms with Gasteiger partial charge in [0.1, 0.15) is 0 Å². The Hall–Kier alpha value is -1.61. The van der Waals surface area contributed by atoms with Crippen molar-refractivity contribution < 1.29 is 4.79 Å². The Bertz CT molecular complexity index is 913. The van der Waals surface area contributed by atoms with Gasteiger partial charge in [-0.15, -0.1) is 11.3 Å². The van der Waals surface area contributed by atoms with E-state index in [0.29, 0.717) is 11.8 Å². The van der Waals surface area contributed by atoms with Crippen LogP contribution in [-0.2, 0) is 11.8 Å². The maximum atomic E-state index is 12.7. The van der Waals surface area contributed by atoms with Gasteiger partial charge in [-0.05, 0) is 89.0 Å². The SMILES string of the molecule is Cc1csc(C(=O)NC[C@]2(C)CCC[C@]3(C)c4ccc(C(C)C)cc4CC[C@@H]23)c1. The van der Waals surface area contributed by atoms with Crippen LogP contribution in [0.3, 0.4) is 0 Å². The van der Waals surface area contributed by atoms with E-state index in [-0.39, 0.29) is 16.7 Å². The van der Waals surface area contributed by atoms with Crippen molar-refractivity contribution in [2.24, 2.45) is 11.3 Å². The third-order valence-electron chi connectivity index (χ3n) is 7.78. The number of hydrogen-bond acceptors (Lipinski definition) is 2. The van der Waals surface area contributed by atoms with Crippen molar-refractivity contribution in [2.45, 2.75) is 78.1 Å². The summed E-state index contributed by atoms with van der Waals surface area (Å²) in [6, 6.07) is 9.24. The summed E-state index contributed by atoms with van der Waals surface area (Å²) in [5.74, 6) is 1.29. The van der Waals surface area contributed by atoms with Crippen molar-refractivity contribution in [3.05, 3.63) is 56.8 Å². The molecule has 0 bridgehead atoms. The molecule has 0 aliphatic heterocycles. The van der Waals surface area contributed by atoms with Gasteiger partial charge in [0.05, 0.1) is 4.88 Å². The number of rotatable bonds is 4. The van der Waals surface area contributed by atoms with E-state index in [1.807, 2.05) is 13.0 Å². The largest absolute Gasteiger partial charge is 0.351 e. The molecule has 3 heteroatoms. The lowest BCUT2D eigenvalue weighted by Gasteiger charge is -2.55. The van der Waals surface area contributed by atoms with Gasteiger partial charge in [0.2, 0.25) is 0 Å². The van der Waals surface area contributed by atoms with Crippen molar-refractivity contribution >= 4 is 17.2 Å². The minimum Gasteiger partial charge on any atom is -0.351 e. The normalized spacial score (nSPS) is 28.7. The zero-order chi connectivity index (χ0) is 20.8. The summed E-state index contributed by atoms with van der Waals surface area (Å²) in [7, 11) is 0. The van der Waals surface area contributed by atoms with E-state index in [4.69, 9.17) is 0 Å². The van der Waals surface area contributed by atoms with Crippen LogP contribution in [0.15, 0.2) is 29.6 Å². The lowest BCUT2D eigenvalue weighted by atomic mass is 9.49. The van der Waals surface area contributed by atoms with Crippen LogP contribution in [0.2, 0.25) is 0 Å². The molecule has 1 amide bonds. The first kappa shape index (κ1) is 20.7. The molecular weight excluding hydrogens is 374 g/mol. The first-order valence-corrected chi connectivity index (χ1v) is 12.1. The van der Waals surface area contributed by atoms with E-state index in [0.717, 1.165) is 11.4 Å². The monoisotopic (exact) mass is 409 g/mol. The summed E-state index contributed by atoms with van der Waals surface area (Å²) in [5.41, 5.74) is 6.15. The van der Waals surface area contributed by atoms with Gasteiger partial charge in [-0.25, -0.2) is 0 Å². The summed E-state index contributed by atoms with van der Waals surface area (Å²) in [5, 5.41) is 5.35. The Morgan fingerprint density at radius 1 is 1.24 bits per heavy atom. The summed E-state index contributed by atoms with van der Waals surface area (Å²) in [4.78, 5) is 13.5. The molecule has 1 saturated carbocycles. The van der Waals surface area contributed by atoms with Crippen LogP contribution >= 0.6 is 11.3 Å². The predicted octanol–water partition coefficient (Wildman–Crippen LogP) is 6.62. The van der Waals surface area contributed by atoms with Crippen LogP contribution in [0.5, 0.6) is 0 Å². The van der Waals surface area contributed by atoms with Crippen molar-refractivity contribution in [1.82, 2.24) is 5.32 Å². The molecule has 3 atom stereocenters. The molecule has 1 fully saturated rings. The fraction of sp³-hybridized carbons (Fsp3) is 0.577. The molecule has 0 radical (unpaired) electrons. The standard InChI is InChI=1S/C26H35NOS/c1-17(2)19-7-9-21-20(14-19)8-10-23-25(4,11-6-12-26(21,23)5)16-27-24(28)22-13-18(3)15-29-22/h7,9,13-15,17,23H,6,8,10-12,16H2,1-5H3,(H,27,28)/t23-,25-,26+/m0/s1. The lowest BCUT2D eigenvalue weighted by Crippen LogP contribution is -2.53. The van der Waals surface area contributed by atoms with Crippen LogP contribution in [0.1, 0.15) is 91.2 Å². The van der Waals surface area contributed by atoms with Crippen LogP contribution < -0.4 is 5.32 Å². The molecule has 2 aromatic rings. The number of fused-ring (bicyclic) bond motifs is 3.